The summed E-state index contributed by atoms with van der Waals surface area (Å²) in [6.45, 7) is 5.17. The quantitative estimate of drug-likeness (QED) is 0.245. The van der Waals surface area contributed by atoms with Crippen molar-refractivity contribution in [1.82, 2.24) is 15.5 Å². The molecule has 4 N–H and O–H groups in total. The summed E-state index contributed by atoms with van der Waals surface area (Å²) in [5.41, 5.74) is 0. The Kier molecular flexibility index (Phi) is 9.41. The summed E-state index contributed by atoms with van der Waals surface area (Å²) in [7, 11) is 0. The first-order valence-corrected chi connectivity index (χ1v) is 7.87. The molecular weight excluding hydrogens is 372 g/mol. The fraction of sp³-hybridized carbons (Fsp3) is 0.667. The molecule has 0 atom stereocenters. The maximum atomic E-state index is 11.5. The average Bonchev–Trinajstić information content (AvgIpc) is 2.63. The first kappa shape index (κ1) is 22.0. The monoisotopic (exact) mass is 392 g/mol. The zero-order valence-electron chi connectivity index (χ0n) is 14.3. The van der Waals surface area contributed by atoms with E-state index >= 15 is 0 Å². The van der Waals surface area contributed by atoms with Gasteiger partial charge < -0.3 is 30.1 Å². The van der Waals surface area contributed by atoms with Gasteiger partial charge in [0.1, 0.15) is 15.7 Å². The van der Waals surface area contributed by atoms with Crippen LogP contribution in [0.3, 0.4) is 0 Å². The zero-order chi connectivity index (χ0) is 20.2. The number of quaternary nitrogens is 1. The first-order valence-electron chi connectivity index (χ1n) is 7.87. The van der Waals surface area contributed by atoms with Crippen LogP contribution in [0.4, 0.5) is 9.59 Å². The van der Waals surface area contributed by atoms with E-state index in [4.69, 9.17) is 9.47 Å². The molecule has 0 unspecified atom stereocenters. The number of hydrogen-bond acceptors (Lipinski definition) is 9. The molecule has 2 aliphatic rings. The number of nitrogens with two attached hydrogens (primary N) is 1. The normalized spacial score (nSPS) is 16.2. The lowest BCUT2D eigenvalue weighted by molar-refractivity contribution is -0.670. The van der Waals surface area contributed by atoms with E-state index in [-0.39, 0.29) is 26.3 Å². The van der Waals surface area contributed by atoms with Crippen molar-refractivity contribution in [3.8, 4) is 0 Å². The van der Waals surface area contributed by atoms with Gasteiger partial charge in [-0.2, -0.15) is 0 Å². The molecule has 2 aliphatic heterocycles. The molecule has 0 aromatic heterocycles. The van der Waals surface area contributed by atoms with Crippen LogP contribution in [0.1, 0.15) is 0 Å². The number of nitrogens with one attached hydrogen (secondary N) is 2. The Labute approximate surface area is 152 Å². The summed E-state index contributed by atoms with van der Waals surface area (Å²) in [5, 5.41) is 37.0. The number of hydrogen-bond donors (Lipinski definition) is 3. The number of imide groups is 1. The largest absolute Gasteiger partial charge is 0.850 e. The summed E-state index contributed by atoms with van der Waals surface area (Å²) < 4.78 is 10.0. The molecule has 0 radical (unpaired) electrons. The number of ether oxygens (including phenoxy) is 2. The number of carbonyl (C=O) groups is 2. The van der Waals surface area contributed by atoms with Crippen LogP contribution in [-0.2, 0) is 9.47 Å². The molecule has 2 heterocycles. The molecule has 0 aromatic rings. The van der Waals surface area contributed by atoms with E-state index in [0.717, 1.165) is 26.3 Å². The predicted molar refractivity (Wildman–Crippen MR) is 82.9 cm³/mol. The van der Waals surface area contributed by atoms with Gasteiger partial charge in [0.05, 0.1) is 39.5 Å². The fourth-order valence-corrected chi connectivity index (χ4v) is 1.95. The number of rotatable bonds is 3. The SMILES string of the molecule is C1COCC[NH2+]1.O=C(NC(=O)N1CCOCC1)NC([O-])=C([N+](=O)[O-])[N+](=O)[O-]. The van der Waals surface area contributed by atoms with Gasteiger partial charge in [0, 0.05) is 13.1 Å². The molecule has 0 saturated carbocycles. The van der Waals surface area contributed by atoms with Crippen LogP contribution >= 0.6 is 0 Å². The third-order valence-corrected chi connectivity index (χ3v) is 3.23. The topological polar surface area (TPSA) is 206 Å². The second-order valence-corrected chi connectivity index (χ2v) is 5.13. The van der Waals surface area contributed by atoms with Crippen LogP contribution in [0, 0.1) is 20.2 Å². The summed E-state index contributed by atoms with van der Waals surface area (Å²) in [6.07, 6.45) is 0. The molecule has 0 aromatic carbocycles. The number of carbonyl (C=O) groups excluding carboxylic acids is 2. The van der Waals surface area contributed by atoms with Gasteiger partial charge in [0.15, 0.2) is 0 Å². The fourth-order valence-electron chi connectivity index (χ4n) is 1.95. The molecule has 2 fully saturated rings. The van der Waals surface area contributed by atoms with Crippen molar-refractivity contribution in [2.75, 3.05) is 52.6 Å². The number of urea groups is 2. The van der Waals surface area contributed by atoms with Crippen LogP contribution < -0.4 is 21.1 Å². The minimum Gasteiger partial charge on any atom is -0.850 e. The maximum Gasteiger partial charge on any atom is 0.567 e. The molecule has 27 heavy (non-hydrogen) atoms. The minimum absolute atomic E-state index is 0.216. The van der Waals surface area contributed by atoms with Gasteiger partial charge in [-0.15, -0.1) is 0 Å². The highest BCUT2D eigenvalue weighted by molar-refractivity contribution is 5.93. The van der Waals surface area contributed by atoms with Crippen LogP contribution in [0.2, 0.25) is 0 Å². The van der Waals surface area contributed by atoms with Crippen molar-refractivity contribution in [1.29, 1.82) is 0 Å². The maximum absolute atomic E-state index is 11.5. The highest BCUT2D eigenvalue weighted by Crippen LogP contribution is 1.99. The van der Waals surface area contributed by atoms with Crippen LogP contribution in [0.25, 0.3) is 0 Å². The molecule has 2 rings (SSSR count). The molecular formula is C12H20N6O9. The Morgan fingerprint density at radius 3 is 1.85 bits per heavy atom. The highest BCUT2D eigenvalue weighted by Gasteiger charge is 2.28. The third-order valence-electron chi connectivity index (χ3n) is 3.23. The van der Waals surface area contributed by atoms with Gasteiger partial charge in [0.2, 0.25) is 0 Å². The minimum atomic E-state index is -1.93. The highest BCUT2D eigenvalue weighted by atomic mass is 16.7. The van der Waals surface area contributed by atoms with Gasteiger partial charge in [-0.25, -0.2) is 9.59 Å². The van der Waals surface area contributed by atoms with E-state index in [0.29, 0.717) is 0 Å². The number of morpholine rings is 2. The molecule has 0 bridgehead atoms. The predicted octanol–water partition coefficient (Wildman–Crippen LogP) is -3.64. The van der Waals surface area contributed by atoms with E-state index in [1.165, 1.54) is 10.2 Å². The molecule has 4 amide bonds. The summed E-state index contributed by atoms with van der Waals surface area (Å²) in [6, 6.07) is -2.26. The summed E-state index contributed by atoms with van der Waals surface area (Å²) >= 11 is 0. The van der Waals surface area contributed by atoms with Gasteiger partial charge in [-0.05, 0) is 0 Å². The Morgan fingerprint density at radius 1 is 0.926 bits per heavy atom. The van der Waals surface area contributed by atoms with Crippen molar-refractivity contribution in [2.24, 2.45) is 0 Å². The lowest BCUT2D eigenvalue weighted by atomic mass is 10.4. The second-order valence-electron chi connectivity index (χ2n) is 5.13. The number of nitro groups is 2. The van der Waals surface area contributed by atoms with Gasteiger partial charge in [-0.3, -0.25) is 25.5 Å². The van der Waals surface area contributed by atoms with Crippen molar-refractivity contribution >= 4 is 12.1 Å². The Balaban J connectivity index is 0.000000511. The van der Waals surface area contributed by atoms with Crippen molar-refractivity contribution in [3.05, 3.63) is 31.9 Å². The zero-order valence-corrected chi connectivity index (χ0v) is 14.3. The van der Waals surface area contributed by atoms with Crippen molar-refractivity contribution in [2.45, 2.75) is 0 Å². The van der Waals surface area contributed by atoms with E-state index in [1.54, 1.807) is 5.32 Å². The molecule has 15 nitrogen and oxygen atoms in total. The smallest absolute Gasteiger partial charge is 0.567 e. The number of amides is 4. The van der Waals surface area contributed by atoms with Gasteiger partial charge in [0.25, 0.3) is 0 Å². The van der Waals surface area contributed by atoms with Crippen LogP contribution in [-0.4, -0.2) is 79.4 Å². The first-order chi connectivity index (χ1) is 12.8. The van der Waals surface area contributed by atoms with E-state index in [2.05, 4.69) is 5.32 Å². The van der Waals surface area contributed by atoms with Gasteiger partial charge in [-0.1, -0.05) is 0 Å². The van der Waals surface area contributed by atoms with Crippen LogP contribution in [0.5, 0.6) is 0 Å². The Morgan fingerprint density at radius 2 is 1.44 bits per heavy atom. The lowest BCUT2D eigenvalue weighted by Crippen LogP contribution is -2.87. The molecule has 152 valence electrons. The van der Waals surface area contributed by atoms with E-state index in [9.17, 15) is 34.9 Å². The molecule has 0 spiro atoms. The second kappa shape index (κ2) is 11.6. The molecule has 15 heteroatoms. The summed E-state index contributed by atoms with van der Waals surface area (Å²) in [4.78, 5) is 41.5. The third kappa shape index (κ3) is 8.25. The lowest BCUT2D eigenvalue weighted by Gasteiger charge is -2.26. The molecule has 2 saturated heterocycles. The average molecular weight is 392 g/mol. The number of nitrogens with zero attached hydrogens (tertiary/aromatic N) is 3. The Bertz CT molecular complexity index is 558. The van der Waals surface area contributed by atoms with Crippen LogP contribution in [0.15, 0.2) is 11.7 Å². The Hall–Kier alpha value is -3.04. The molecule has 0 aliphatic carbocycles. The van der Waals surface area contributed by atoms with Gasteiger partial charge >= 0.3 is 17.9 Å². The van der Waals surface area contributed by atoms with E-state index < -0.39 is 33.6 Å². The van der Waals surface area contributed by atoms with Crippen molar-refractivity contribution < 1.29 is 39.3 Å². The summed E-state index contributed by atoms with van der Waals surface area (Å²) in [5.74, 6) is -3.76. The van der Waals surface area contributed by atoms with Crippen molar-refractivity contribution in [3.63, 3.8) is 0 Å². The standard InChI is InChI=1S/C8H11N5O8.C4H9NO/c14-5(6(12(17)18)13(19)20)9-7(15)10-8(16)11-1-3-21-4-2-11;1-3-6-4-2-5-1/h14H,1-4H2,(H2,9,10,15,16);5H,1-4H2. The van der Waals surface area contributed by atoms with E-state index in [1.807, 2.05) is 0 Å².